The predicted octanol–water partition coefficient (Wildman–Crippen LogP) is 10.5. The molecule has 0 N–H and O–H groups in total. The third-order valence-corrected chi connectivity index (χ3v) is 6.61. The van der Waals surface area contributed by atoms with Crippen molar-refractivity contribution in [1.82, 2.24) is 0 Å². The molecule has 0 aliphatic carbocycles. The van der Waals surface area contributed by atoms with E-state index in [4.69, 9.17) is 18.9 Å². The van der Waals surface area contributed by atoms with Gasteiger partial charge in [-0.15, -0.1) is 0 Å². The molecule has 0 heterocycles. The molecule has 0 amide bonds. The van der Waals surface area contributed by atoms with E-state index in [0.717, 1.165) is 39.1 Å². The Kier molecular flexibility index (Phi) is 31.9. The average molecular weight is 513 g/mol. The van der Waals surface area contributed by atoms with Crippen LogP contribution in [-0.2, 0) is 18.9 Å². The van der Waals surface area contributed by atoms with Gasteiger partial charge in [-0.3, -0.25) is 0 Å². The first-order valence-corrected chi connectivity index (χ1v) is 15.9. The molecule has 0 atom stereocenters. The van der Waals surface area contributed by atoms with Gasteiger partial charge in [0.2, 0.25) is 0 Å². The average Bonchev–Trinajstić information content (AvgIpc) is 2.89. The number of rotatable bonds is 31. The Morgan fingerprint density at radius 3 is 1.56 bits per heavy atom. The molecule has 0 rings (SSSR count). The minimum atomic E-state index is 0.0191. The van der Waals surface area contributed by atoms with Crippen molar-refractivity contribution in [2.24, 2.45) is 0 Å². The van der Waals surface area contributed by atoms with Gasteiger partial charge in [-0.2, -0.15) is 0 Å². The van der Waals surface area contributed by atoms with Gasteiger partial charge in [-0.1, -0.05) is 117 Å². The standard InChI is InChI=1S/C32H64O4/c1-4-7-9-19-24-29-35-32(36-30-25-20-10-8-5-2)26-22-18-16-14-12-11-13-15-17-21-23-28-34-31-33-27-6-3/h23,28,32H,4-22,24-27,29-31H2,1-3H3. The zero-order valence-corrected chi connectivity index (χ0v) is 24.7. The molecule has 0 bridgehead atoms. The smallest absolute Gasteiger partial charge is 0.188 e. The fourth-order valence-corrected chi connectivity index (χ4v) is 4.29. The Morgan fingerprint density at radius 1 is 0.500 bits per heavy atom. The predicted molar refractivity (Wildman–Crippen MR) is 155 cm³/mol. The van der Waals surface area contributed by atoms with Gasteiger partial charge in [0, 0.05) is 13.2 Å². The first kappa shape index (κ1) is 35.4. The monoisotopic (exact) mass is 512 g/mol. The van der Waals surface area contributed by atoms with Crippen LogP contribution < -0.4 is 0 Å². The lowest BCUT2D eigenvalue weighted by molar-refractivity contribution is -0.148. The molecular weight excluding hydrogens is 448 g/mol. The van der Waals surface area contributed by atoms with Crippen LogP contribution in [-0.4, -0.2) is 32.9 Å². The van der Waals surface area contributed by atoms with E-state index in [1.165, 1.54) is 122 Å². The Hall–Kier alpha value is -0.580. The summed E-state index contributed by atoms with van der Waals surface area (Å²) in [7, 11) is 0. The summed E-state index contributed by atoms with van der Waals surface area (Å²) >= 11 is 0. The zero-order chi connectivity index (χ0) is 26.2. The Balaban J connectivity index is 3.65. The van der Waals surface area contributed by atoms with Crippen LogP contribution in [0.1, 0.15) is 162 Å². The maximum atomic E-state index is 6.14. The first-order chi connectivity index (χ1) is 17.8. The largest absolute Gasteiger partial charge is 0.475 e. The second-order valence-corrected chi connectivity index (χ2v) is 10.3. The quantitative estimate of drug-likeness (QED) is 0.0526. The summed E-state index contributed by atoms with van der Waals surface area (Å²) in [5.41, 5.74) is 0. The lowest BCUT2D eigenvalue weighted by Crippen LogP contribution is -2.19. The maximum absolute atomic E-state index is 6.14. The van der Waals surface area contributed by atoms with Crippen LogP contribution in [0, 0.1) is 0 Å². The Bertz CT molecular complexity index is 397. The molecular formula is C32H64O4. The fourth-order valence-electron chi connectivity index (χ4n) is 4.29. The SMILES string of the molecule is CCCCCCCOC(CCCCCCCCCCCC=COCOCCC)OCCCCCCC. The number of ether oxygens (including phenoxy) is 4. The third-order valence-electron chi connectivity index (χ3n) is 6.61. The molecule has 216 valence electrons. The van der Waals surface area contributed by atoms with E-state index in [1.54, 1.807) is 6.26 Å². The van der Waals surface area contributed by atoms with Gasteiger partial charge in [0.1, 0.15) is 0 Å². The summed E-state index contributed by atoms with van der Waals surface area (Å²) < 4.78 is 22.9. The molecule has 0 unspecified atom stereocenters. The lowest BCUT2D eigenvalue weighted by Gasteiger charge is -2.19. The molecule has 4 heteroatoms. The molecule has 0 aromatic heterocycles. The van der Waals surface area contributed by atoms with Gasteiger partial charge in [-0.25, -0.2) is 0 Å². The second kappa shape index (κ2) is 32.4. The molecule has 0 aliphatic heterocycles. The molecule has 0 aliphatic rings. The van der Waals surface area contributed by atoms with Crippen LogP contribution in [0.3, 0.4) is 0 Å². The molecule has 0 spiro atoms. The van der Waals surface area contributed by atoms with E-state index >= 15 is 0 Å². The van der Waals surface area contributed by atoms with Crippen LogP contribution >= 0.6 is 0 Å². The third kappa shape index (κ3) is 29.6. The summed E-state index contributed by atoms with van der Waals surface area (Å²) in [6, 6.07) is 0. The summed E-state index contributed by atoms with van der Waals surface area (Å²) in [4.78, 5) is 0. The number of unbranched alkanes of at least 4 members (excludes halogenated alkanes) is 17. The lowest BCUT2D eigenvalue weighted by atomic mass is 10.1. The van der Waals surface area contributed by atoms with E-state index in [0.29, 0.717) is 6.79 Å². The minimum Gasteiger partial charge on any atom is -0.475 e. The molecule has 36 heavy (non-hydrogen) atoms. The molecule has 0 radical (unpaired) electrons. The van der Waals surface area contributed by atoms with Crippen LogP contribution in [0.25, 0.3) is 0 Å². The number of hydrogen-bond acceptors (Lipinski definition) is 4. The van der Waals surface area contributed by atoms with E-state index in [2.05, 4.69) is 26.8 Å². The summed E-state index contributed by atoms with van der Waals surface area (Å²) in [5.74, 6) is 0. The van der Waals surface area contributed by atoms with Gasteiger partial charge >= 0.3 is 0 Å². The second-order valence-electron chi connectivity index (χ2n) is 10.3. The zero-order valence-electron chi connectivity index (χ0n) is 24.7. The van der Waals surface area contributed by atoms with Crippen LogP contribution in [0.5, 0.6) is 0 Å². The van der Waals surface area contributed by atoms with E-state index in [-0.39, 0.29) is 6.29 Å². The minimum absolute atomic E-state index is 0.0191. The van der Waals surface area contributed by atoms with Crippen LogP contribution in [0.15, 0.2) is 12.3 Å². The van der Waals surface area contributed by atoms with Gasteiger partial charge in [0.15, 0.2) is 13.1 Å². The topological polar surface area (TPSA) is 36.9 Å². The Morgan fingerprint density at radius 2 is 1.00 bits per heavy atom. The molecule has 0 fully saturated rings. The number of allylic oxidation sites excluding steroid dienone is 1. The van der Waals surface area contributed by atoms with Crippen molar-refractivity contribution in [2.45, 2.75) is 168 Å². The van der Waals surface area contributed by atoms with Crippen molar-refractivity contribution >= 4 is 0 Å². The van der Waals surface area contributed by atoms with Crippen molar-refractivity contribution in [1.29, 1.82) is 0 Å². The summed E-state index contributed by atoms with van der Waals surface area (Å²) in [6.07, 6.45) is 32.0. The van der Waals surface area contributed by atoms with E-state index < -0.39 is 0 Å². The molecule has 0 saturated carbocycles. The summed E-state index contributed by atoms with van der Waals surface area (Å²) in [5, 5.41) is 0. The van der Waals surface area contributed by atoms with Gasteiger partial charge in [0.05, 0.1) is 12.9 Å². The highest BCUT2D eigenvalue weighted by molar-refractivity contribution is 4.72. The van der Waals surface area contributed by atoms with E-state index in [1.807, 2.05) is 0 Å². The van der Waals surface area contributed by atoms with Gasteiger partial charge < -0.3 is 18.9 Å². The van der Waals surface area contributed by atoms with Crippen LogP contribution in [0.4, 0.5) is 0 Å². The van der Waals surface area contributed by atoms with E-state index in [9.17, 15) is 0 Å². The van der Waals surface area contributed by atoms with Crippen molar-refractivity contribution in [3.8, 4) is 0 Å². The van der Waals surface area contributed by atoms with Gasteiger partial charge in [0.25, 0.3) is 0 Å². The molecule has 0 aromatic carbocycles. The number of hydrogen-bond donors (Lipinski definition) is 0. The van der Waals surface area contributed by atoms with Crippen molar-refractivity contribution in [3.05, 3.63) is 12.3 Å². The summed E-state index contributed by atoms with van der Waals surface area (Å²) in [6.45, 7) is 9.51. The normalized spacial score (nSPS) is 11.8. The molecule has 4 nitrogen and oxygen atoms in total. The Labute approximate surface area is 226 Å². The molecule has 0 aromatic rings. The van der Waals surface area contributed by atoms with Crippen molar-refractivity contribution in [3.63, 3.8) is 0 Å². The highest BCUT2D eigenvalue weighted by Gasteiger charge is 2.09. The van der Waals surface area contributed by atoms with Crippen molar-refractivity contribution < 1.29 is 18.9 Å². The highest BCUT2D eigenvalue weighted by atomic mass is 16.7. The maximum Gasteiger partial charge on any atom is 0.188 e. The highest BCUT2D eigenvalue weighted by Crippen LogP contribution is 2.15. The van der Waals surface area contributed by atoms with Crippen molar-refractivity contribution in [2.75, 3.05) is 26.6 Å². The fraction of sp³-hybridized carbons (Fsp3) is 0.938. The van der Waals surface area contributed by atoms with Crippen LogP contribution in [0.2, 0.25) is 0 Å². The first-order valence-electron chi connectivity index (χ1n) is 15.9. The van der Waals surface area contributed by atoms with Gasteiger partial charge in [-0.05, 0) is 51.0 Å². The molecule has 0 saturated heterocycles.